The van der Waals surface area contributed by atoms with Crippen molar-refractivity contribution in [3.63, 3.8) is 0 Å². The van der Waals surface area contributed by atoms with Crippen LogP contribution in [0.25, 0.3) is 11.1 Å². The lowest BCUT2D eigenvalue weighted by atomic mass is 9.90. The Labute approximate surface area is 196 Å². The molecule has 0 aliphatic carbocycles. The van der Waals surface area contributed by atoms with Crippen molar-refractivity contribution in [3.05, 3.63) is 114 Å². The van der Waals surface area contributed by atoms with Crippen LogP contribution in [0, 0.1) is 6.92 Å². The minimum atomic E-state index is -0.0868. The molecule has 33 heavy (non-hydrogen) atoms. The molecule has 0 N–H and O–H groups in total. The molecule has 1 saturated heterocycles. The predicted octanol–water partition coefficient (Wildman–Crippen LogP) is 6.31. The van der Waals surface area contributed by atoms with Crippen LogP contribution in [0.15, 0.2) is 91.1 Å². The fourth-order valence-electron chi connectivity index (χ4n) is 4.60. The predicted molar refractivity (Wildman–Crippen MR) is 135 cm³/mol. The quantitative estimate of drug-likeness (QED) is 0.345. The summed E-state index contributed by atoms with van der Waals surface area (Å²) in [4.78, 5) is 25.1. The highest BCUT2D eigenvalue weighted by atomic mass is 16.1. The van der Waals surface area contributed by atoms with Crippen molar-refractivity contribution >= 4 is 11.6 Å². The Morgan fingerprint density at radius 2 is 1.70 bits per heavy atom. The van der Waals surface area contributed by atoms with E-state index in [1.807, 2.05) is 61.7 Å². The average Bonchev–Trinajstić information content (AvgIpc) is 2.90. The van der Waals surface area contributed by atoms with Crippen molar-refractivity contribution in [1.29, 1.82) is 0 Å². The Morgan fingerprint density at radius 1 is 0.939 bits per heavy atom. The molecule has 5 rings (SSSR count). The van der Waals surface area contributed by atoms with Crippen molar-refractivity contribution in [1.82, 2.24) is 9.97 Å². The second-order valence-electron chi connectivity index (χ2n) is 8.63. The third-order valence-electron chi connectivity index (χ3n) is 6.42. The zero-order chi connectivity index (χ0) is 22.6. The smallest absolute Gasteiger partial charge is 0.213 e. The first-order valence-corrected chi connectivity index (χ1v) is 11.5. The topological polar surface area (TPSA) is 46.1 Å². The number of carbonyl (C=O) groups excluding carboxylic acids is 1. The summed E-state index contributed by atoms with van der Waals surface area (Å²) in [7, 11) is 0. The van der Waals surface area contributed by atoms with Crippen LogP contribution in [0.1, 0.15) is 47.5 Å². The number of carbonyl (C=O) groups is 1. The molecule has 1 aliphatic heterocycles. The largest absolute Gasteiger partial charge is 0.356 e. The number of benzene rings is 2. The van der Waals surface area contributed by atoms with Gasteiger partial charge in [0.2, 0.25) is 5.78 Å². The van der Waals surface area contributed by atoms with Gasteiger partial charge in [0.05, 0.1) is 0 Å². The maximum Gasteiger partial charge on any atom is 0.213 e. The van der Waals surface area contributed by atoms with Gasteiger partial charge in [-0.15, -0.1) is 0 Å². The van der Waals surface area contributed by atoms with E-state index < -0.39 is 0 Å². The summed E-state index contributed by atoms with van der Waals surface area (Å²) in [5.74, 6) is 1.26. The zero-order valence-corrected chi connectivity index (χ0v) is 18.8. The summed E-state index contributed by atoms with van der Waals surface area (Å²) >= 11 is 0. The maximum atomic E-state index is 13.5. The minimum absolute atomic E-state index is 0. The van der Waals surface area contributed by atoms with Gasteiger partial charge in [-0.3, -0.25) is 9.78 Å². The van der Waals surface area contributed by atoms with Gasteiger partial charge >= 0.3 is 0 Å². The van der Waals surface area contributed by atoms with E-state index >= 15 is 0 Å². The first-order valence-electron chi connectivity index (χ1n) is 11.5. The van der Waals surface area contributed by atoms with Crippen LogP contribution in [0.2, 0.25) is 0 Å². The van der Waals surface area contributed by atoms with Crippen LogP contribution >= 0.6 is 0 Å². The zero-order valence-electron chi connectivity index (χ0n) is 18.8. The Kier molecular flexibility index (Phi) is 5.99. The lowest BCUT2D eigenvalue weighted by Crippen LogP contribution is -2.35. The number of hydrogen-bond acceptors (Lipinski definition) is 4. The molecule has 0 bridgehead atoms. The number of aromatic nitrogens is 2. The third-order valence-corrected chi connectivity index (χ3v) is 6.42. The lowest BCUT2D eigenvalue weighted by Gasteiger charge is -2.34. The van der Waals surface area contributed by atoms with Crippen molar-refractivity contribution < 1.29 is 6.22 Å². The van der Waals surface area contributed by atoms with Gasteiger partial charge in [-0.2, -0.15) is 0 Å². The first-order chi connectivity index (χ1) is 16.2. The Balaban J connectivity index is 0.00000274. The molecule has 2 aromatic carbocycles. The molecule has 1 atom stereocenters. The summed E-state index contributed by atoms with van der Waals surface area (Å²) < 4.78 is 0. The van der Waals surface area contributed by atoms with Crippen molar-refractivity contribution in [2.75, 3.05) is 18.0 Å². The van der Waals surface area contributed by atoms with Gasteiger partial charge in [-0.05, 0) is 49.1 Å². The number of ketones is 1. The second kappa shape index (κ2) is 9.37. The summed E-state index contributed by atoms with van der Waals surface area (Å²) in [6, 6.07) is 28.4. The molecule has 4 heteroatoms. The molecule has 0 saturated carbocycles. The van der Waals surface area contributed by atoms with Crippen LogP contribution in [-0.2, 0) is 0 Å². The molecule has 166 valence electrons. The van der Waals surface area contributed by atoms with E-state index in [0.29, 0.717) is 22.9 Å². The van der Waals surface area contributed by atoms with Gasteiger partial charge in [0.1, 0.15) is 11.5 Å². The SMILES string of the molecule is Cc1ncc(-c2ccccc2)cc1C(=O)c1cccc(N2CCCC(c3ccccc3)C2)n1.[HH]. The normalized spacial score (nSPS) is 15.9. The number of piperidine rings is 1. The van der Waals surface area contributed by atoms with E-state index in [-0.39, 0.29) is 7.21 Å². The fraction of sp³-hybridized carbons (Fsp3) is 0.207. The fourth-order valence-corrected chi connectivity index (χ4v) is 4.60. The summed E-state index contributed by atoms with van der Waals surface area (Å²) in [6.07, 6.45) is 4.11. The van der Waals surface area contributed by atoms with Crippen LogP contribution in [0.5, 0.6) is 0 Å². The summed E-state index contributed by atoms with van der Waals surface area (Å²) in [6.45, 7) is 3.75. The Bertz CT molecular complexity index is 1260. The molecule has 1 fully saturated rings. The van der Waals surface area contributed by atoms with Crippen LogP contribution < -0.4 is 4.90 Å². The van der Waals surface area contributed by atoms with Gasteiger partial charge in [-0.1, -0.05) is 66.7 Å². The number of anilines is 1. The third kappa shape index (κ3) is 4.56. The molecule has 4 nitrogen and oxygen atoms in total. The monoisotopic (exact) mass is 435 g/mol. The Morgan fingerprint density at radius 3 is 2.48 bits per heavy atom. The number of hydrogen-bond donors (Lipinski definition) is 0. The maximum absolute atomic E-state index is 13.5. The molecule has 0 radical (unpaired) electrons. The molecular weight excluding hydrogens is 406 g/mol. The number of aryl methyl sites for hydroxylation is 1. The van der Waals surface area contributed by atoms with E-state index in [2.05, 4.69) is 40.2 Å². The van der Waals surface area contributed by atoms with E-state index in [1.165, 1.54) is 12.0 Å². The number of nitrogens with zero attached hydrogens (tertiary/aromatic N) is 3. The molecule has 3 heterocycles. The van der Waals surface area contributed by atoms with E-state index in [1.54, 1.807) is 6.07 Å². The highest BCUT2D eigenvalue weighted by molar-refractivity contribution is 6.09. The first kappa shape index (κ1) is 21.1. The molecule has 1 aliphatic rings. The van der Waals surface area contributed by atoms with Gasteiger partial charge in [0, 0.05) is 43.5 Å². The van der Waals surface area contributed by atoms with Gasteiger partial charge in [0.25, 0.3) is 0 Å². The minimum Gasteiger partial charge on any atom is -0.356 e. The van der Waals surface area contributed by atoms with Crippen molar-refractivity contribution in [3.8, 4) is 11.1 Å². The van der Waals surface area contributed by atoms with Gasteiger partial charge in [0.15, 0.2) is 0 Å². The summed E-state index contributed by atoms with van der Waals surface area (Å²) in [5.41, 5.74) is 5.12. The second-order valence-corrected chi connectivity index (χ2v) is 8.63. The molecule has 0 amide bonds. The molecule has 1 unspecified atom stereocenters. The highest BCUT2D eigenvalue weighted by Crippen LogP contribution is 2.29. The highest BCUT2D eigenvalue weighted by Gasteiger charge is 2.23. The molecule has 2 aromatic heterocycles. The molecule has 4 aromatic rings. The van der Waals surface area contributed by atoms with Gasteiger partial charge in [-0.25, -0.2) is 4.98 Å². The van der Waals surface area contributed by atoms with Crippen molar-refractivity contribution in [2.45, 2.75) is 25.7 Å². The van der Waals surface area contributed by atoms with Crippen LogP contribution in [0.3, 0.4) is 0 Å². The number of rotatable bonds is 5. The van der Waals surface area contributed by atoms with E-state index in [4.69, 9.17) is 4.98 Å². The average molecular weight is 436 g/mol. The number of pyridine rings is 2. The molecule has 0 spiro atoms. The van der Waals surface area contributed by atoms with E-state index in [9.17, 15) is 4.79 Å². The van der Waals surface area contributed by atoms with Gasteiger partial charge < -0.3 is 4.90 Å². The van der Waals surface area contributed by atoms with Crippen LogP contribution in [0.4, 0.5) is 5.82 Å². The molecular formula is C29H29N3O. The van der Waals surface area contributed by atoms with E-state index in [0.717, 1.165) is 36.5 Å². The van der Waals surface area contributed by atoms with Crippen LogP contribution in [-0.4, -0.2) is 28.8 Å². The van der Waals surface area contributed by atoms with Crippen molar-refractivity contribution in [2.24, 2.45) is 0 Å². The standard InChI is InChI=1S/C29H27N3O.H2/c1-21-26(18-25(19-30-21)23-12-6-3-7-13-23)29(33)27-15-8-16-28(31-27)32-17-9-14-24(20-32)22-10-4-2-5-11-22;/h2-8,10-13,15-16,18-19,24H,9,14,17,20H2,1H3;1H. The Hall–Kier alpha value is -3.79. The summed E-state index contributed by atoms with van der Waals surface area (Å²) in [5, 5.41) is 0. The lowest BCUT2D eigenvalue weighted by molar-refractivity contribution is 0.103.